The second-order valence-corrected chi connectivity index (χ2v) is 5.06. The van der Waals surface area contributed by atoms with Crippen LogP contribution in [0.2, 0.25) is 0 Å². The van der Waals surface area contributed by atoms with Gasteiger partial charge in [-0.15, -0.1) is 11.3 Å². The van der Waals surface area contributed by atoms with Gasteiger partial charge >= 0.3 is 0 Å². The van der Waals surface area contributed by atoms with Crippen LogP contribution in [0.3, 0.4) is 0 Å². The molecule has 0 aromatic carbocycles. The molecule has 15 heavy (non-hydrogen) atoms. The molecule has 1 aromatic rings. The first-order valence-electron chi connectivity index (χ1n) is 5.33. The summed E-state index contributed by atoms with van der Waals surface area (Å²) in [5.41, 5.74) is 2.90. The fraction of sp³-hybridized carbons (Fsp3) is 0.727. The maximum Gasteiger partial charge on any atom is 0.0795 e. The molecule has 0 aliphatic rings. The summed E-state index contributed by atoms with van der Waals surface area (Å²) in [6, 6.07) is 0.258. The highest BCUT2D eigenvalue weighted by molar-refractivity contribution is 7.07. The molecule has 0 radical (unpaired) electrons. The van der Waals surface area contributed by atoms with Gasteiger partial charge in [0.15, 0.2) is 0 Å². The topological polar surface area (TPSA) is 45.1 Å². The van der Waals surface area contributed by atoms with Crippen LogP contribution in [0, 0.1) is 5.41 Å². The van der Waals surface area contributed by atoms with Crippen molar-refractivity contribution in [2.24, 2.45) is 5.41 Å². The summed E-state index contributed by atoms with van der Waals surface area (Å²) in [5.74, 6) is 0. The van der Waals surface area contributed by atoms with Gasteiger partial charge in [-0.05, 0) is 13.3 Å². The summed E-state index contributed by atoms with van der Waals surface area (Å²) >= 11 is 1.61. The molecule has 0 fully saturated rings. The lowest BCUT2D eigenvalue weighted by Crippen LogP contribution is -2.35. The van der Waals surface area contributed by atoms with Crippen LogP contribution in [0.15, 0.2) is 10.9 Å². The SMILES string of the molecule is CCC(C)(CO)CNC(C)c1cscn1. The summed E-state index contributed by atoms with van der Waals surface area (Å²) in [4.78, 5) is 4.26. The zero-order valence-corrected chi connectivity index (χ0v) is 10.5. The highest BCUT2D eigenvalue weighted by Crippen LogP contribution is 2.20. The van der Waals surface area contributed by atoms with Gasteiger partial charge in [0.1, 0.15) is 0 Å². The Morgan fingerprint density at radius 2 is 2.40 bits per heavy atom. The third-order valence-corrected chi connectivity index (χ3v) is 3.57. The lowest BCUT2D eigenvalue weighted by molar-refractivity contribution is 0.132. The molecule has 1 heterocycles. The third kappa shape index (κ3) is 3.55. The van der Waals surface area contributed by atoms with E-state index < -0.39 is 0 Å². The Morgan fingerprint density at radius 3 is 2.87 bits per heavy atom. The van der Waals surface area contributed by atoms with Gasteiger partial charge in [-0.25, -0.2) is 4.98 Å². The molecular weight excluding hydrogens is 208 g/mol. The Balaban J connectivity index is 2.43. The van der Waals surface area contributed by atoms with Gasteiger partial charge in [0.05, 0.1) is 11.2 Å². The smallest absolute Gasteiger partial charge is 0.0795 e. The van der Waals surface area contributed by atoms with Gasteiger partial charge in [0, 0.05) is 30.0 Å². The van der Waals surface area contributed by atoms with E-state index >= 15 is 0 Å². The number of hydrogen-bond donors (Lipinski definition) is 2. The predicted molar refractivity (Wildman–Crippen MR) is 64.0 cm³/mol. The van der Waals surface area contributed by atoms with E-state index in [0.29, 0.717) is 0 Å². The minimum absolute atomic E-state index is 0.0235. The number of aromatic nitrogens is 1. The van der Waals surface area contributed by atoms with Crippen molar-refractivity contribution in [3.63, 3.8) is 0 Å². The number of rotatable bonds is 6. The van der Waals surface area contributed by atoms with Gasteiger partial charge in [0.2, 0.25) is 0 Å². The van der Waals surface area contributed by atoms with Crippen LogP contribution < -0.4 is 5.32 Å². The normalized spacial score (nSPS) is 17.3. The molecule has 1 rings (SSSR count). The Bertz CT molecular complexity index is 270. The van der Waals surface area contributed by atoms with Crippen molar-refractivity contribution in [3.05, 3.63) is 16.6 Å². The molecule has 2 N–H and O–H groups in total. The van der Waals surface area contributed by atoms with E-state index in [9.17, 15) is 5.11 Å². The second kappa shape index (κ2) is 5.58. The maximum absolute atomic E-state index is 9.28. The number of nitrogens with zero attached hydrogens (tertiary/aromatic N) is 1. The molecule has 0 amide bonds. The standard InChI is InChI=1S/C11H20N2OS/c1-4-11(3,7-14)6-12-9(2)10-5-15-8-13-10/h5,8-9,12,14H,4,6-7H2,1-3H3. The van der Waals surface area contributed by atoms with Crippen molar-refractivity contribution in [1.29, 1.82) is 0 Å². The summed E-state index contributed by atoms with van der Waals surface area (Å²) in [5, 5.41) is 14.7. The van der Waals surface area contributed by atoms with E-state index in [1.807, 2.05) is 5.51 Å². The molecule has 2 unspecified atom stereocenters. The van der Waals surface area contributed by atoms with Crippen molar-refractivity contribution in [2.75, 3.05) is 13.2 Å². The van der Waals surface area contributed by atoms with E-state index in [1.165, 1.54) is 0 Å². The summed E-state index contributed by atoms with van der Waals surface area (Å²) in [6.07, 6.45) is 0.973. The van der Waals surface area contributed by atoms with E-state index in [4.69, 9.17) is 0 Å². The Morgan fingerprint density at radius 1 is 1.67 bits per heavy atom. The van der Waals surface area contributed by atoms with Gasteiger partial charge in [-0.1, -0.05) is 13.8 Å². The van der Waals surface area contributed by atoms with Crippen molar-refractivity contribution in [2.45, 2.75) is 33.2 Å². The lowest BCUT2D eigenvalue weighted by atomic mass is 9.88. The highest BCUT2D eigenvalue weighted by Gasteiger charge is 2.21. The third-order valence-electron chi connectivity index (χ3n) is 2.97. The fourth-order valence-corrected chi connectivity index (χ4v) is 1.88. The Kier molecular flexibility index (Phi) is 4.70. The van der Waals surface area contributed by atoms with Crippen molar-refractivity contribution < 1.29 is 5.11 Å². The van der Waals surface area contributed by atoms with Crippen molar-refractivity contribution in [3.8, 4) is 0 Å². The number of nitrogens with one attached hydrogen (secondary N) is 1. The number of aliphatic hydroxyl groups is 1. The van der Waals surface area contributed by atoms with Crippen LogP contribution in [0.25, 0.3) is 0 Å². The molecule has 86 valence electrons. The average Bonchev–Trinajstić information content (AvgIpc) is 2.79. The largest absolute Gasteiger partial charge is 0.396 e. The van der Waals surface area contributed by atoms with Crippen LogP contribution in [0.1, 0.15) is 38.9 Å². The first-order chi connectivity index (χ1) is 7.11. The minimum atomic E-state index is -0.0235. The average molecular weight is 228 g/mol. The second-order valence-electron chi connectivity index (χ2n) is 4.34. The first kappa shape index (κ1) is 12.6. The molecule has 0 aliphatic heterocycles. The highest BCUT2D eigenvalue weighted by atomic mass is 32.1. The molecule has 0 saturated carbocycles. The summed E-state index contributed by atoms with van der Waals surface area (Å²) in [7, 11) is 0. The molecule has 0 bridgehead atoms. The molecule has 0 spiro atoms. The Hall–Kier alpha value is -0.450. The molecule has 1 aromatic heterocycles. The van der Waals surface area contributed by atoms with Crippen LogP contribution in [-0.2, 0) is 0 Å². The zero-order valence-electron chi connectivity index (χ0n) is 9.66. The van der Waals surface area contributed by atoms with Crippen LogP contribution >= 0.6 is 11.3 Å². The monoisotopic (exact) mass is 228 g/mol. The van der Waals surface area contributed by atoms with Crippen LogP contribution in [-0.4, -0.2) is 23.2 Å². The van der Waals surface area contributed by atoms with Gasteiger partial charge < -0.3 is 10.4 Å². The van der Waals surface area contributed by atoms with Crippen molar-refractivity contribution >= 4 is 11.3 Å². The predicted octanol–water partition coefficient (Wildman–Crippen LogP) is 2.20. The van der Waals surface area contributed by atoms with Crippen molar-refractivity contribution in [1.82, 2.24) is 10.3 Å². The molecular formula is C11H20N2OS. The summed E-state index contributed by atoms with van der Waals surface area (Å²) in [6.45, 7) is 7.33. The van der Waals surface area contributed by atoms with Gasteiger partial charge in [0.25, 0.3) is 0 Å². The van der Waals surface area contributed by atoms with Gasteiger partial charge in [-0.3, -0.25) is 0 Å². The summed E-state index contributed by atoms with van der Waals surface area (Å²) < 4.78 is 0. The van der Waals surface area contributed by atoms with E-state index in [0.717, 1.165) is 18.7 Å². The number of aliphatic hydroxyl groups excluding tert-OH is 1. The van der Waals surface area contributed by atoms with Crippen LogP contribution in [0.4, 0.5) is 0 Å². The van der Waals surface area contributed by atoms with Crippen LogP contribution in [0.5, 0.6) is 0 Å². The minimum Gasteiger partial charge on any atom is -0.396 e. The molecule has 0 saturated heterocycles. The van der Waals surface area contributed by atoms with E-state index in [1.54, 1.807) is 11.3 Å². The Labute approximate surface area is 95.6 Å². The lowest BCUT2D eigenvalue weighted by Gasteiger charge is -2.27. The zero-order chi connectivity index (χ0) is 11.3. The van der Waals surface area contributed by atoms with E-state index in [-0.39, 0.29) is 18.1 Å². The maximum atomic E-state index is 9.28. The van der Waals surface area contributed by atoms with Gasteiger partial charge in [-0.2, -0.15) is 0 Å². The quantitative estimate of drug-likeness (QED) is 0.784. The molecule has 2 atom stereocenters. The fourth-order valence-electron chi connectivity index (χ4n) is 1.23. The number of hydrogen-bond acceptors (Lipinski definition) is 4. The van der Waals surface area contributed by atoms with E-state index in [2.05, 4.69) is 36.5 Å². The molecule has 3 nitrogen and oxygen atoms in total. The molecule has 4 heteroatoms. The molecule has 0 aliphatic carbocycles. The number of thiazole rings is 1. The first-order valence-corrected chi connectivity index (χ1v) is 6.28.